The molecule has 1 heterocycles. The van der Waals surface area contributed by atoms with Gasteiger partial charge in [-0.25, -0.2) is 0 Å². The summed E-state index contributed by atoms with van der Waals surface area (Å²) in [6.45, 7) is 3.99. The molecule has 0 saturated carbocycles. The van der Waals surface area contributed by atoms with Crippen LogP contribution in [-0.2, 0) is 11.2 Å². The lowest BCUT2D eigenvalue weighted by molar-refractivity contribution is -0.116. The second-order valence-electron chi connectivity index (χ2n) is 8.71. The summed E-state index contributed by atoms with van der Waals surface area (Å²) >= 11 is 0. The van der Waals surface area contributed by atoms with Crippen LogP contribution in [0.2, 0.25) is 0 Å². The summed E-state index contributed by atoms with van der Waals surface area (Å²) in [6.07, 6.45) is 0.552. The van der Waals surface area contributed by atoms with Gasteiger partial charge in [0.1, 0.15) is 0 Å². The molecule has 3 aromatic rings. The van der Waals surface area contributed by atoms with Crippen LogP contribution in [0.1, 0.15) is 47.8 Å². The van der Waals surface area contributed by atoms with Crippen molar-refractivity contribution < 1.29 is 19.2 Å². The molecule has 0 saturated heterocycles. The minimum absolute atomic E-state index is 0.153. The lowest BCUT2D eigenvalue weighted by atomic mass is 10.0. The Balaban J connectivity index is 1.42. The van der Waals surface area contributed by atoms with E-state index in [0.29, 0.717) is 12.1 Å². The van der Waals surface area contributed by atoms with E-state index in [-0.39, 0.29) is 41.6 Å². The first kappa shape index (κ1) is 23.9. The van der Waals surface area contributed by atoms with Gasteiger partial charge in [0, 0.05) is 24.8 Å². The lowest BCUT2D eigenvalue weighted by Gasteiger charge is -2.18. The van der Waals surface area contributed by atoms with Crippen molar-refractivity contribution in [2.24, 2.45) is 0 Å². The number of imide groups is 1. The number of hydrogen-bond donors (Lipinski definition) is 1. The van der Waals surface area contributed by atoms with Crippen molar-refractivity contribution in [1.82, 2.24) is 9.80 Å². The fourth-order valence-corrected chi connectivity index (χ4v) is 4.10. The maximum absolute atomic E-state index is 13.0. The summed E-state index contributed by atoms with van der Waals surface area (Å²) in [7, 11) is 1.53. The molecule has 0 bridgehead atoms. The van der Waals surface area contributed by atoms with Crippen molar-refractivity contribution in [2.75, 3.05) is 25.5 Å². The van der Waals surface area contributed by atoms with Gasteiger partial charge in [0.25, 0.3) is 17.7 Å². The molecule has 7 nitrogen and oxygen atoms in total. The predicted octanol–water partition coefficient (Wildman–Crippen LogP) is 3.85. The van der Waals surface area contributed by atoms with Crippen LogP contribution >= 0.6 is 0 Å². The number of rotatable bonds is 7. The Morgan fingerprint density at radius 2 is 1.60 bits per heavy atom. The molecule has 0 unspecified atom stereocenters. The summed E-state index contributed by atoms with van der Waals surface area (Å²) in [6, 6.07) is 19.7. The SMILES string of the molecule is Cc1cccc(NC(=O)CN(C)C(=O)c2ccc3c(c2)C(=O)N(CCc2ccccc2)C3=O)c1C. The zero-order valence-corrected chi connectivity index (χ0v) is 20.0. The van der Waals surface area contributed by atoms with E-state index in [0.717, 1.165) is 16.7 Å². The average Bonchev–Trinajstić information content (AvgIpc) is 3.09. The Labute approximate surface area is 204 Å². The maximum Gasteiger partial charge on any atom is 0.261 e. The Hall–Kier alpha value is -4.26. The van der Waals surface area contributed by atoms with Gasteiger partial charge in [0.05, 0.1) is 17.7 Å². The molecule has 4 rings (SSSR count). The molecule has 0 spiro atoms. The third kappa shape index (κ3) is 4.99. The van der Waals surface area contributed by atoms with Crippen LogP contribution in [0.25, 0.3) is 0 Å². The fourth-order valence-electron chi connectivity index (χ4n) is 4.10. The Bertz CT molecular complexity index is 1320. The molecule has 35 heavy (non-hydrogen) atoms. The van der Waals surface area contributed by atoms with E-state index in [1.807, 2.05) is 62.4 Å². The number of hydrogen-bond acceptors (Lipinski definition) is 4. The van der Waals surface area contributed by atoms with Gasteiger partial charge < -0.3 is 10.2 Å². The molecule has 178 valence electrons. The molecule has 7 heteroatoms. The average molecular weight is 470 g/mol. The summed E-state index contributed by atoms with van der Waals surface area (Å²) in [5.74, 6) is -1.51. The zero-order chi connectivity index (χ0) is 25.1. The van der Waals surface area contributed by atoms with Gasteiger partial charge in [0.15, 0.2) is 0 Å². The smallest absolute Gasteiger partial charge is 0.261 e. The summed E-state index contributed by atoms with van der Waals surface area (Å²) in [4.78, 5) is 53.7. The monoisotopic (exact) mass is 469 g/mol. The normalized spacial score (nSPS) is 12.5. The molecule has 0 radical (unpaired) electrons. The molecule has 1 aliphatic heterocycles. The minimum Gasteiger partial charge on any atom is -0.332 e. The van der Waals surface area contributed by atoms with Gasteiger partial charge >= 0.3 is 0 Å². The highest BCUT2D eigenvalue weighted by molar-refractivity contribution is 6.22. The van der Waals surface area contributed by atoms with Gasteiger partial charge in [-0.3, -0.25) is 24.1 Å². The maximum atomic E-state index is 13.0. The summed E-state index contributed by atoms with van der Waals surface area (Å²) in [5, 5.41) is 2.84. The van der Waals surface area contributed by atoms with E-state index >= 15 is 0 Å². The number of aryl methyl sites for hydroxylation is 1. The summed E-state index contributed by atoms with van der Waals surface area (Å²) < 4.78 is 0. The quantitative estimate of drug-likeness (QED) is 0.533. The Morgan fingerprint density at radius 1 is 0.886 bits per heavy atom. The Morgan fingerprint density at radius 3 is 2.34 bits per heavy atom. The van der Waals surface area contributed by atoms with Crippen molar-refractivity contribution >= 4 is 29.3 Å². The molecule has 0 fully saturated rings. The van der Waals surface area contributed by atoms with Crippen LogP contribution < -0.4 is 5.32 Å². The van der Waals surface area contributed by atoms with E-state index in [1.54, 1.807) is 0 Å². The van der Waals surface area contributed by atoms with Gasteiger partial charge in [-0.1, -0.05) is 42.5 Å². The molecule has 1 aliphatic rings. The number of likely N-dealkylation sites (N-methyl/N-ethyl adjacent to an activating group) is 1. The Kier molecular flexibility index (Phi) is 6.78. The molecule has 3 aromatic carbocycles. The van der Waals surface area contributed by atoms with E-state index in [9.17, 15) is 19.2 Å². The molecular formula is C28H27N3O4. The van der Waals surface area contributed by atoms with Gasteiger partial charge in [0.2, 0.25) is 5.91 Å². The number of carbonyl (C=O) groups is 4. The molecule has 4 amide bonds. The van der Waals surface area contributed by atoms with Gasteiger partial charge in [-0.15, -0.1) is 0 Å². The second-order valence-corrected chi connectivity index (χ2v) is 8.71. The van der Waals surface area contributed by atoms with Gasteiger partial charge in [-0.2, -0.15) is 0 Å². The molecule has 0 aromatic heterocycles. The van der Waals surface area contributed by atoms with Crippen molar-refractivity contribution in [3.63, 3.8) is 0 Å². The molecule has 0 atom stereocenters. The van der Waals surface area contributed by atoms with Gasteiger partial charge in [-0.05, 0) is 61.2 Å². The van der Waals surface area contributed by atoms with Crippen LogP contribution in [-0.4, -0.2) is 53.6 Å². The second kappa shape index (κ2) is 9.93. The number of carbonyl (C=O) groups excluding carboxylic acids is 4. The highest BCUT2D eigenvalue weighted by Gasteiger charge is 2.36. The fraction of sp³-hybridized carbons (Fsp3) is 0.214. The minimum atomic E-state index is -0.411. The highest BCUT2D eigenvalue weighted by Crippen LogP contribution is 2.25. The van der Waals surface area contributed by atoms with Crippen molar-refractivity contribution in [1.29, 1.82) is 0 Å². The number of amides is 4. The first-order chi connectivity index (χ1) is 16.8. The van der Waals surface area contributed by atoms with Crippen molar-refractivity contribution in [3.8, 4) is 0 Å². The number of nitrogens with zero attached hydrogens (tertiary/aromatic N) is 2. The zero-order valence-electron chi connectivity index (χ0n) is 20.0. The number of nitrogens with one attached hydrogen (secondary N) is 1. The number of fused-ring (bicyclic) bond motifs is 1. The van der Waals surface area contributed by atoms with Crippen molar-refractivity contribution in [3.05, 3.63) is 100 Å². The summed E-state index contributed by atoms with van der Waals surface area (Å²) in [5.41, 5.74) is 4.50. The van der Waals surface area contributed by atoms with Crippen LogP contribution in [0.4, 0.5) is 5.69 Å². The largest absolute Gasteiger partial charge is 0.332 e. The first-order valence-electron chi connectivity index (χ1n) is 11.4. The molecular weight excluding hydrogens is 442 g/mol. The van der Waals surface area contributed by atoms with Crippen LogP contribution in [0, 0.1) is 13.8 Å². The standard InChI is InChI=1S/C28H27N3O4/c1-18-8-7-11-24(19(18)2)29-25(32)17-30(3)26(33)21-12-13-22-23(16-21)28(35)31(27(22)34)15-14-20-9-5-4-6-10-20/h4-13,16H,14-15,17H2,1-3H3,(H,29,32). The number of anilines is 1. The molecule has 0 aliphatic carbocycles. The topological polar surface area (TPSA) is 86.8 Å². The van der Waals surface area contributed by atoms with Crippen LogP contribution in [0.5, 0.6) is 0 Å². The van der Waals surface area contributed by atoms with E-state index in [4.69, 9.17) is 0 Å². The van der Waals surface area contributed by atoms with Crippen LogP contribution in [0.15, 0.2) is 66.7 Å². The predicted molar refractivity (Wildman–Crippen MR) is 133 cm³/mol. The van der Waals surface area contributed by atoms with E-state index < -0.39 is 11.8 Å². The lowest BCUT2D eigenvalue weighted by Crippen LogP contribution is -2.35. The number of benzene rings is 3. The first-order valence-corrected chi connectivity index (χ1v) is 11.4. The van der Waals surface area contributed by atoms with Crippen LogP contribution in [0.3, 0.4) is 0 Å². The third-order valence-electron chi connectivity index (χ3n) is 6.29. The third-order valence-corrected chi connectivity index (χ3v) is 6.29. The van der Waals surface area contributed by atoms with E-state index in [1.165, 1.54) is 35.0 Å². The molecule has 1 N–H and O–H groups in total. The van der Waals surface area contributed by atoms with Crippen molar-refractivity contribution in [2.45, 2.75) is 20.3 Å². The van der Waals surface area contributed by atoms with E-state index in [2.05, 4.69) is 5.32 Å². The highest BCUT2D eigenvalue weighted by atomic mass is 16.2.